The van der Waals surface area contributed by atoms with Crippen molar-refractivity contribution in [3.63, 3.8) is 0 Å². The molecule has 2 aliphatic rings. The van der Waals surface area contributed by atoms with Gasteiger partial charge in [-0.1, -0.05) is 0 Å². The van der Waals surface area contributed by atoms with Crippen molar-refractivity contribution >= 4 is 0 Å². The maximum absolute atomic E-state index is 9.91. The molecule has 142 valence electrons. The van der Waals surface area contributed by atoms with E-state index in [1.54, 1.807) is 0 Å². The van der Waals surface area contributed by atoms with E-state index >= 15 is 0 Å². The predicted octanol–water partition coefficient (Wildman–Crippen LogP) is -4.74. The van der Waals surface area contributed by atoms with Crippen LogP contribution in [0.4, 0.5) is 0 Å². The van der Waals surface area contributed by atoms with Crippen LogP contribution in [0.15, 0.2) is 0 Å². The normalized spacial score (nSPS) is 50.0. The second-order valence-corrected chi connectivity index (χ2v) is 5.78. The van der Waals surface area contributed by atoms with Crippen LogP contribution in [0.25, 0.3) is 0 Å². The van der Waals surface area contributed by atoms with E-state index in [-0.39, 0.29) is 6.61 Å². The fraction of sp³-hybridized carbons (Fsp3) is 1.00. The monoisotopic (exact) mass is 356 g/mol. The maximum Gasteiger partial charge on any atom is 0.186 e. The van der Waals surface area contributed by atoms with Gasteiger partial charge < -0.3 is 54.7 Å². The lowest BCUT2D eigenvalue weighted by Gasteiger charge is -2.42. The molecule has 0 bridgehead atoms. The Morgan fingerprint density at radius 2 is 1.21 bits per heavy atom. The van der Waals surface area contributed by atoms with E-state index in [0.717, 1.165) is 0 Å². The van der Waals surface area contributed by atoms with Gasteiger partial charge in [-0.15, -0.1) is 0 Å². The lowest BCUT2D eigenvalue weighted by molar-refractivity contribution is -0.328. The number of aliphatic hydroxyl groups excluding tert-OH is 7. The summed E-state index contributed by atoms with van der Waals surface area (Å²) in [6, 6.07) is 0. The zero-order chi connectivity index (χ0) is 18.0. The fourth-order valence-electron chi connectivity index (χ4n) is 2.64. The molecule has 0 spiro atoms. The zero-order valence-electron chi connectivity index (χ0n) is 13.0. The molecule has 2 saturated heterocycles. The third-order valence-electron chi connectivity index (χ3n) is 4.17. The quantitative estimate of drug-likeness (QED) is 0.251. The van der Waals surface area contributed by atoms with Crippen LogP contribution in [-0.2, 0) is 18.9 Å². The molecular formula is C13H24O11. The van der Waals surface area contributed by atoms with Crippen LogP contribution in [0.3, 0.4) is 0 Å². The minimum absolute atomic E-state index is 0.381. The van der Waals surface area contributed by atoms with Crippen molar-refractivity contribution < 1.29 is 54.7 Å². The molecule has 2 heterocycles. The van der Waals surface area contributed by atoms with Crippen LogP contribution in [0.1, 0.15) is 0 Å². The SMILES string of the molecule is COC1O[C@H](COC2O[C@H](CO)[C@@H](O)[C@H](O)[C@@H]2O)[C@@H](O)[C@H](O)[C@@H]1O. The Kier molecular flexibility index (Phi) is 6.87. The molecule has 24 heavy (non-hydrogen) atoms. The number of hydrogen-bond donors (Lipinski definition) is 7. The van der Waals surface area contributed by atoms with Gasteiger partial charge in [0.25, 0.3) is 0 Å². The van der Waals surface area contributed by atoms with Crippen LogP contribution >= 0.6 is 0 Å². The van der Waals surface area contributed by atoms with Gasteiger partial charge >= 0.3 is 0 Å². The highest BCUT2D eigenvalue weighted by Crippen LogP contribution is 2.25. The Morgan fingerprint density at radius 1 is 0.708 bits per heavy atom. The first-order valence-corrected chi connectivity index (χ1v) is 7.46. The van der Waals surface area contributed by atoms with E-state index in [4.69, 9.17) is 24.1 Å². The molecule has 2 rings (SSSR count). The van der Waals surface area contributed by atoms with Crippen molar-refractivity contribution in [2.45, 2.75) is 61.4 Å². The van der Waals surface area contributed by atoms with Crippen molar-refractivity contribution in [1.29, 1.82) is 0 Å². The van der Waals surface area contributed by atoms with E-state index in [0.29, 0.717) is 0 Å². The summed E-state index contributed by atoms with van der Waals surface area (Å²) in [6.07, 6.45) is -14.0. The Balaban J connectivity index is 1.96. The summed E-state index contributed by atoms with van der Waals surface area (Å²) in [5, 5.41) is 67.6. The second kappa shape index (κ2) is 8.29. The number of ether oxygens (including phenoxy) is 4. The third kappa shape index (κ3) is 3.86. The van der Waals surface area contributed by atoms with E-state index in [2.05, 4.69) is 0 Å². The molecule has 2 unspecified atom stereocenters. The summed E-state index contributed by atoms with van der Waals surface area (Å²) < 4.78 is 20.5. The van der Waals surface area contributed by atoms with Crippen molar-refractivity contribution in [3.05, 3.63) is 0 Å². The molecule has 0 radical (unpaired) electrons. The van der Waals surface area contributed by atoms with Crippen molar-refractivity contribution in [1.82, 2.24) is 0 Å². The first-order chi connectivity index (χ1) is 11.3. The largest absolute Gasteiger partial charge is 0.394 e. The van der Waals surface area contributed by atoms with Crippen LogP contribution in [0.2, 0.25) is 0 Å². The fourth-order valence-corrected chi connectivity index (χ4v) is 2.64. The van der Waals surface area contributed by atoms with Crippen molar-refractivity contribution in [2.75, 3.05) is 20.3 Å². The summed E-state index contributed by atoms with van der Waals surface area (Å²) in [6.45, 7) is -0.989. The summed E-state index contributed by atoms with van der Waals surface area (Å²) in [5.41, 5.74) is 0. The van der Waals surface area contributed by atoms with Gasteiger partial charge in [0.15, 0.2) is 12.6 Å². The van der Waals surface area contributed by atoms with Gasteiger partial charge in [0, 0.05) is 7.11 Å². The number of rotatable bonds is 5. The lowest BCUT2D eigenvalue weighted by Crippen LogP contribution is -2.61. The van der Waals surface area contributed by atoms with Gasteiger partial charge in [-0.2, -0.15) is 0 Å². The van der Waals surface area contributed by atoms with Gasteiger partial charge in [0.1, 0.15) is 48.8 Å². The summed E-state index contributed by atoms with van der Waals surface area (Å²) in [7, 11) is 1.24. The molecule has 10 atom stereocenters. The molecule has 11 heteroatoms. The maximum atomic E-state index is 9.91. The molecule has 0 saturated carbocycles. The predicted molar refractivity (Wildman–Crippen MR) is 73.4 cm³/mol. The topological polar surface area (TPSA) is 179 Å². The van der Waals surface area contributed by atoms with Gasteiger partial charge in [-0.05, 0) is 0 Å². The van der Waals surface area contributed by atoms with Crippen LogP contribution < -0.4 is 0 Å². The molecule has 0 aromatic heterocycles. The van der Waals surface area contributed by atoms with Crippen LogP contribution in [-0.4, -0.2) is 117 Å². The summed E-state index contributed by atoms with van der Waals surface area (Å²) in [5.74, 6) is 0. The van der Waals surface area contributed by atoms with Gasteiger partial charge in [0.2, 0.25) is 0 Å². The summed E-state index contributed by atoms with van der Waals surface area (Å²) >= 11 is 0. The van der Waals surface area contributed by atoms with Gasteiger partial charge in [-0.3, -0.25) is 0 Å². The van der Waals surface area contributed by atoms with E-state index in [1.807, 2.05) is 0 Å². The Labute approximate surface area is 137 Å². The lowest BCUT2D eigenvalue weighted by atomic mass is 9.98. The minimum atomic E-state index is -1.60. The average molecular weight is 356 g/mol. The first-order valence-electron chi connectivity index (χ1n) is 7.46. The molecule has 0 amide bonds. The molecule has 0 aromatic carbocycles. The Morgan fingerprint density at radius 3 is 1.75 bits per heavy atom. The number of methoxy groups -OCH3 is 1. The van der Waals surface area contributed by atoms with Gasteiger partial charge in [0.05, 0.1) is 13.2 Å². The second-order valence-electron chi connectivity index (χ2n) is 5.78. The molecule has 0 aliphatic carbocycles. The molecular weight excluding hydrogens is 332 g/mol. The number of hydrogen-bond acceptors (Lipinski definition) is 11. The van der Waals surface area contributed by atoms with Crippen LogP contribution in [0, 0.1) is 0 Å². The van der Waals surface area contributed by atoms with E-state index in [1.165, 1.54) is 7.11 Å². The highest BCUT2D eigenvalue weighted by Gasteiger charge is 2.47. The summed E-state index contributed by atoms with van der Waals surface area (Å²) in [4.78, 5) is 0. The number of aliphatic hydroxyl groups is 7. The van der Waals surface area contributed by atoms with Crippen LogP contribution in [0.5, 0.6) is 0 Å². The highest BCUT2D eigenvalue weighted by atomic mass is 16.7. The molecule has 2 aliphatic heterocycles. The first kappa shape index (κ1) is 19.9. The Bertz CT molecular complexity index is 356. The van der Waals surface area contributed by atoms with E-state index < -0.39 is 68.0 Å². The average Bonchev–Trinajstić information content (AvgIpc) is 2.58. The van der Waals surface area contributed by atoms with Gasteiger partial charge in [-0.25, -0.2) is 0 Å². The molecule has 11 nitrogen and oxygen atoms in total. The molecule has 2 fully saturated rings. The minimum Gasteiger partial charge on any atom is -0.394 e. The van der Waals surface area contributed by atoms with E-state index in [9.17, 15) is 30.6 Å². The third-order valence-corrected chi connectivity index (χ3v) is 4.17. The Hall–Kier alpha value is -0.440. The highest BCUT2D eigenvalue weighted by molar-refractivity contribution is 4.91. The standard InChI is InChI=1S/C13H24O11/c1-21-12-10(19)9(18)7(16)5(24-12)3-22-13-11(20)8(17)6(15)4(2-14)23-13/h4-20H,2-3H2,1H3/t4-,5-,6-,7-,8+,9+,10+,11+,12?,13?/m1/s1. The smallest absolute Gasteiger partial charge is 0.186 e. The van der Waals surface area contributed by atoms with Crippen molar-refractivity contribution in [2.24, 2.45) is 0 Å². The van der Waals surface area contributed by atoms with Crippen molar-refractivity contribution in [3.8, 4) is 0 Å². The zero-order valence-corrected chi connectivity index (χ0v) is 13.0. The molecule has 0 aromatic rings. The molecule has 7 N–H and O–H groups in total.